The molecule has 8 heteroatoms. The minimum Gasteiger partial charge on any atom is -0.476 e. The number of piperidine rings is 1. The van der Waals surface area contributed by atoms with Gasteiger partial charge in [0.1, 0.15) is 0 Å². The number of hydrogen-bond acceptors (Lipinski definition) is 4. The summed E-state index contributed by atoms with van der Waals surface area (Å²) in [5.74, 6) is -0.972. The van der Waals surface area contributed by atoms with Crippen molar-refractivity contribution in [3.63, 3.8) is 0 Å². The molecule has 1 saturated heterocycles. The van der Waals surface area contributed by atoms with Crippen molar-refractivity contribution < 1.29 is 14.7 Å². The summed E-state index contributed by atoms with van der Waals surface area (Å²) in [7, 11) is 0. The molecule has 26 heavy (non-hydrogen) atoms. The number of likely N-dealkylation sites (tertiary alicyclic amines) is 1. The molecule has 1 aliphatic heterocycles. The Hall–Kier alpha value is -3.16. The van der Waals surface area contributed by atoms with Crippen LogP contribution in [0.25, 0.3) is 10.9 Å². The molecule has 0 aliphatic carbocycles. The lowest BCUT2D eigenvalue weighted by Crippen LogP contribution is -2.40. The van der Waals surface area contributed by atoms with Gasteiger partial charge in [-0.25, -0.2) is 9.48 Å². The summed E-state index contributed by atoms with van der Waals surface area (Å²) in [6.45, 7) is 1.27. The summed E-state index contributed by atoms with van der Waals surface area (Å²) < 4.78 is 1.60. The largest absolute Gasteiger partial charge is 0.476 e. The lowest BCUT2D eigenvalue weighted by molar-refractivity contribution is -0.131. The van der Waals surface area contributed by atoms with Gasteiger partial charge in [0.2, 0.25) is 5.91 Å². The van der Waals surface area contributed by atoms with E-state index >= 15 is 0 Å². The van der Waals surface area contributed by atoms with Crippen molar-refractivity contribution in [2.45, 2.75) is 25.3 Å². The first-order valence-electron chi connectivity index (χ1n) is 8.59. The van der Waals surface area contributed by atoms with Gasteiger partial charge < -0.3 is 15.0 Å². The zero-order chi connectivity index (χ0) is 18.1. The Balaban J connectivity index is 1.38. The lowest BCUT2D eigenvalue weighted by Gasteiger charge is -2.31. The average molecular weight is 353 g/mol. The normalized spacial score (nSPS) is 15.5. The van der Waals surface area contributed by atoms with E-state index in [9.17, 15) is 9.59 Å². The average Bonchev–Trinajstić information content (AvgIpc) is 3.30. The Labute approximate surface area is 149 Å². The van der Waals surface area contributed by atoms with E-state index in [1.807, 2.05) is 35.4 Å². The summed E-state index contributed by atoms with van der Waals surface area (Å²) in [6.07, 6.45) is 5.21. The lowest BCUT2D eigenvalue weighted by atomic mass is 10.0. The van der Waals surface area contributed by atoms with E-state index in [0.717, 1.165) is 29.3 Å². The van der Waals surface area contributed by atoms with Crippen molar-refractivity contribution in [2.75, 3.05) is 13.1 Å². The highest BCUT2D eigenvalue weighted by Gasteiger charge is 2.25. The molecule has 0 atom stereocenters. The molecule has 1 amide bonds. The number of carbonyl (C=O) groups is 2. The van der Waals surface area contributed by atoms with Crippen molar-refractivity contribution in [1.82, 2.24) is 24.9 Å². The van der Waals surface area contributed by atoms with Gasteiger partial charge in [0.25, 0.3) is 0 Å². The third-order valence-electron chi connectivity index (χ3n) is 4.94. The number of nitrogens with zero attached hydrogens (tertiary/aromatic N) is 4. The van der Waals surface area contributed by atoms with Crippen LogP contribution in [0.15, 0.2) is 36.7 Å². The van der Waals surface area contributed by atoms with Gasteiger partial charge in [0.15, 0.2) is 5.69 Å². The molecule has 1 aliphatic rings. The number of hydrogen-bond donors (Lipinski definition) is 2. The third-order valence-corrected chi connectivity index (χ3v) is 4.94. The first-order chi connectivity index (χ1) is 12.6. The maximum Gasteiger partial charge on any atom is 0.358 e. The molecular formula is C18H19N5O3. The summed E-state index contributed by atoms with van der Waals surface area (Å²) in [6, 6.07) is 8.03. The number of aromatic amines is 1. The Morgan fingerprint density at radius 2 is 2.00 bits per heavy atom. The molecule has 1 aromatic carbocycles. The maximum atomic E-state index is 12.6. The van der Waals surface area contributed by atoms with Crippen LogP contribution in [-0.2, 0) is 11.2 Å². The number of para-hydroxylation sites is 1. The van der Waals surface area contributed by atoms with Crippen LogP contribution in [0.3, 0.4) is 0 Å². The molecule has 2 N–H and O–H groups in total. The van der Waals surface area contributed by atoms with Gasteiger partial charge in [-0.05, 0) is 24.5 Å². The van der Waals surface area contributed by atoms with Gasteiger partial charge in [-0.3, -0.25) is 4.79 Å². The molecule has 1 fully saturated rings. The molecule has 4 rings (SSSR count). The maximum absolute atomic E-state index is 12.6. The molecular weight excluding hydrogens is 334 g/mol. The summed E-state index contributed by atoms with van der Waals surface area (Å²) in [5.41, 5.74) is 1.99. The Morgan fingerprint density at radius 3 is 2.73 bits per heavy atom. The number of nitrogens with one attached hydrogen (secondary N) is 1. The molecule has 0 unspecified atom stereocenters. The first-order valence-corrected chi connectivity index (χ1v) is 8.59. The number of carboxylic acids is 1. The molecule has 3 heterocycles. The van der Waals surface area contributed by atoms with E-state index in [-0.39, 0.29) is 17.6 Å². The number of carboxylic acid groups (broad SMARTS) is 1. The van der Waals surface area contributed by atoms with E-state index < -0.39 is 5.97 Å². The molecule has 0 spiro atoms. The van der Waals surface area contributed by atoms with Crippen LogP contribution in [0.4, 0.5) is 0 Å². The fourth-order valence-electron chi connectivity index (χ4n) is 3.49. The fraction of sp³-hybridized carbons (Fsp3) is 0.333. The second kappa shape index (κ2) is 6.62. The highest BCUT2D eigenvalue weighted by atomic mass is 16.4. The number of carbonyl (C=O) groups excluding carboxylic acids is 1. The number of aromatic carboxylic acids is 1. The number of fused-ring (bicyclic) bond motifs is 1. The summed E-state index contributed by atoms with van der Waals surface area (Å²) >= 11 is 0. The second-order valence-corrected chi connectivity index (χ2v) is 6.54. The molecule has 2 aromatic heterocycles. The van der Waals surface area contributed by atoms with Crippen LogP contribution in [0, 0.1) is 0 Å². The number of benzene rings is 1. The second-order valence-electron chi connectivity index (χ2n) is 6.54. The topological polar surface area (TPSA) is 104 Å². The van der Waals surface area contributed by atoms with Gasteiger partial charge in [-0.2, -0.15) is 0 Å². The number of aromatic nitrogens is 4. The van der Waals surface area contributed by atoms with Crippen molar-refractivity contribution in [3.8, 4) is 0 Å². The standard InChI is InChI=1S/C18H19N5O3/c24-17(9-12-10-19-15-4-2-1-3-14(12)15)22-7-5-13(6-8-22)23-11-16(18(25)26)20-21-23/h1-4,10-11,13,19H,5-9H2,(H,25,26). The monoisotopic (exact) mass is 353 g/mol. The van der Waals surface area contributed by atoms with Gasteiger partial charge >= 0.3 is 5.97 Å². The SMILES string of the molecule is O=C(O)c1cn(C2CCN(C(=O)Cc3c[nH]c4ccccc34)CC2)nn1. The minimum atomic E-state index is -1.08. The predicted octanol–water partition coefficient (Wildman–Crippen LogP) is 1.86. The quantitative estimate of drug-likeness (QED) is 0.745. The van der Waals surface area contributed by atoms with Crippen molar-refractivity contribution in [1.29, 1.82) is 0 Å². The Bertz CT molecular complexity index is 953. The summed E-state index contributed by atoms with van der Waals surface area (Å²) in [4.78, 5) is 28.6. The smallest absolute Gasteiger partial charge is 0.358 e. The minimum absolute atomic E-state index is 0.0529. The van der Waals surface area contributed by atoms with Crippen LogP contribution < -0.4 is 0 Å². The van der Waals surface area contributed by atoms with Gasteiger partial charge in [0.05, 0.1) is 18.7 Å². The van der Waals surface area contributed by atoms with Crippen LogP contribution >= 0.6 is 0 Å². The third kappa shape index (κ3) is 3.05. The van der Waals surface area contributed by atoms with Crippen molar-refractivity contribution >= 4 is 22.8 Å². The van der Waals surface area contributed by atoms with Gasteiger partial charge in [-0.15, -0.1) is 5.10 Å². The van der Waals surface area contributed by atoms with Crippen molar-refractivity contribution in [2.24, 2.45) is 0 Å². The van der Waals surface area contributed by atoms with Gasteiger partial charge in [0, 0.05) is 30.2 Å². The molecule has 0 saturated carbocycles. The number of amides is 1. The zero-order valence-electron chi connectivity index (χ0n) is 14.1. The Kier molecular flexibility index (Phi) is 4.16. The van der Waals surface area contributed by atoms with E-state index in [1.54, 1.807) is 4.68 Å². The molecule has 134 valence electrons. The fourth-order valence-corrected chi connectivity index (χ4v) is 3.49. The number of H-pyrrole nitrogens is 1. The predicted molar refractivity (Wildman–Crippen MR) is 93.8 cm³/mol. The highest BCUT2D eigenvalue weighted by Crippen LogP contribution is 2.24. The molecule has 0 radical (unpaired) electrons. The van der Waals surface area contributed by atoms with Crippen LogP contribution in [-0.4, -0.2) is 55.0 Å². The van der Waals surface area contributed by atoms with Gasteiger partial charge in [-0.1, -0.05) is 23.4 Å². The molecule has 0 bridgehead atoms. The van der Waals surface area contributed by atoms with Crippen LogP contribution in [0.1, 0.15) is 34.9 Å². The zero-order valence-corrected chi connectivity index (χ0v) is 14.1. The van der Waals surface area contributed by atoms with E-state index in [0.29, 0.717) is 19.5 Å². The first kappa shape index (κ1) is 16.3. The van der Waals surface area contributed by atoms with Crippen LogP contribution in [0.2, 0.25) is 0 Å². The van der Waals surface area contributed by atoms with E-state index in [4.69, 9.17) is 5.11 Å². The molecule has 3 aromatic rings. The van der Waals surface area contributed by atoms with Crippen LogP contribution in [0.5, 0.6) is 0 Å². The Morgan fingerprint density at radius 1 is 1.23 bits per heavy atom. The molecule has 8 nitrogen and oxygen atoms in total. The summed E-state index contributed by atoms with van der Waals surface area (Å²) in [5, 5.41) is 17.6. The highest BCUT2D eigenvalue weighted by molar-refractivity contribution is 5.89. The van der Waals surface area contributed by atoms with E-state index in [2.05, 4.69) is 15.3 Å². The number of rotatable bonds is 4. The van der Waals surface area contributed by atoms with Crippen molar-refractivity contribution in [3.05, 3.63) is 47.9 Å². The van der Waals surface area contributed by atoms with E-state index in [1.165, 1.54) is 6.20 Å².